The third-order valence-corrected chi connectivity index (χ3v) is 2.71. The van der Waals surface area contributed by atoms with Gasteiger partial charge >= 0.3 is 0 Å². The van der Waals surface area contributed by atoms with Crippen LogP contribution in [-0.2, 0) is 0 Å². The summed E-state index contributed by atoms with van der Waals surface area (Å²) >= 11 is 0. The summed E-state index contributed by atoms with van der Waals surface area (Å²) in [7, 11) is 2.07. The number of aromatic nitrogens is 1. The van der Waals surface area contributed by atoms with Gasteiger partial charge < -0.3 is 10.0 Å². The Balaban J connectivity index is 2.12. The second-order valence-corrected chi connectivity index (χ2v) is 3.97. The van der Waals surface area contributed by atoms with Crippen LogP contribution in [0.4, 0.5) is 5.82 Å². The topological polar surface area (TPSA) is 36.4 Å². The molecule has 1 fully saturated rings. The van der Waals surface area contributed by atoms with Gasteiger partial charge in [0, 0.05) is 19.3 Å². The highest BCUT2D eigenvalue weighted by molar-refractivity contribution is 5.41. The fraction of sp³-hybridized carbons (Fsp3) is 0.545. The molecule has 1 aromatic rings. The minimum Gasteiger partial charge on any atom is -0.389 e. The molecule has 1 atom stereocenters. The summed E-state index contributed by atoms with van der Waals surface area (Å²) < 4.78 is 0. The van der Waals surface area contributed by atoms with Crippen molar-refractivity contribution in [2.45, 2.75) is 31.9 Å². The summed E-state index contributed by atoms with van der Waals surface area (Å²) in [6, 6.07) is 4.59. The summed E-state index contributed by atoms with van der Waals surface area (Å²) in [5.41, 5.74) is 0.873. The van der Waals surface area contributed by atoms with E-state index in [9.17, 15) is 5.11 Å². The smallest absolute Gasteiger partial charge is 0.128 e. The fourth-order valence-corrected chi connectivity index (χ4v) is 1.50. The van der Waals surface area contributed by atoms with Gasteiger partial charge in [0.2, 0.25) is 0 Å². The second-order valence-electron chi connectivity index (χ2n) is 3.97. The number of aliphatic hydroxyl groups is 1. The molecule has 1 aliphatic carbocycles. The molecule has 1 N–H and O–H groups in total. The maximum absolute atomic E-state index is 9.32. The SMILES string of the molecule is C[C@H](O)c1ccc(N(C)C2CC2)nc1. The largest absolute Gasteiger partial charge is 0.389 e. The van der Waals surface area contributed by atoms with Gasteiger partial charge in [0.15, 0.2) is 0 Å². The van der Waals surface area contributed by atoms with Crippen molar-refractivity contribution in [3.05, 3.63) is 23.9 Å². The standard InChI is InChI=1S/C11H16N2O/c1-8(14)9-3-6-11(12-7-9)13(2)10-4-5-10/h3,6-8,10,14H,4-5H2,1-2H3/t8-/m0/s1. The predicted octanol–water partition coefficient (Wildman–Crippen LogP) is 1.73. The number of rotatable bonds is 3. The van der Waals surface area contributed by atoms with Crippen molar-refractivity contribution < 1.29 is 5.11 Å². The minimum atomic E-state index is -0.428. The van der Waals surface area contributed by atoms with Crippen LogP contribution in [0.1, 0.15) is 31.4 Å². The minimum absolute atomic E-state index is 0.428. The van der Waals surface area contributed by atoms with Crippen LogP contribution >= 0.6 is 0 Å². The summed E-state index contributed by atoms with van der Waals surface area (Å²) in [5, 5.41) is 9.32. The van der Waals surface area contributed by atoms with Crippen LogP contribution in [-0.4, -0.2) is 23.2 Å². The highest BCUT2D eigenvalue weighted by atomic mass is 16.3. The number of pyridine rings is 1. The zero-order valence-electron chi connectivity index (χ0n) is 8.64. The molecule has 0 amide bonds. The van der Waals surface area contributed by atoms with Crippen molar-refractivity contribution in [1.82, 2.24) is 4.98 Å². The first-order valence-electron chi connectivity index (χ1n) is 5.05. The summed E-state index contributed by atoms with van der Waals surface area (Å²) in [6.07, 6.45) is 3.87. The Kier molecular flexibility index (Phi) is 2.42. The highest BCUT2D eigenvalue weighted by Crippen LogP contribution is 2.29. The third kappa shape index (κ3) is 1.87. The molecule has 0 unspecified atom stereocenters. The van der Waals surface area contributed by atoms with E-state index in [0.29, 0.717) is 6.04 Å². The molecule has 76 valence electrons. The van der Waals surface area contributed by atoms with Gasteiger partial charge in [-0.15, -0.1) is 0 Å². The Labute approximate surface area is 84.4 Å². The summed E-state index contributed by atoms with van der Waals surface area (Å²) in [5.74, 6) is 0.997. The zero-order valence-corrected chi connectivity index (χ0v) is 8.64. The molecule has 0 spiro atoms. The molecule has 3 nitrogen and oxygen atoms in total. The van der Waals surface area contributed by atoms with Crippen molar-refractivity contribution in [2.24, 2.45) is 0 Å². The van der Waals surface area contributed by atoms with E-state index in [2.05, 4.69) is 16.9 Å². The van der Waals surface area contributed by atoms with Crippen molar-refractivity contribution in [3.8, 4) is 0 Å². The van der Waals surface area contributed by atoms with Crippen molar-refractivity contribution >= 4 is 5.82 Å². The normalized spacial score (nSPS) is 17.9. The lowest BCUT2D eigenvalue weighted by atomic mass is 10.2. The molecule has 1 heterocycles. The van der Waals surface area contributed by atoms with Crippen LogP contribution in [0.2, 0.25) is 0 Å². The Bertz CT molecular complexity index is 304. The van der Waals surface area contributed by atoms with E-state index in [1.807, 2.05) is 12.1 Å². The van der Waals surface area contributed by atoms with Crippen LogP contribution in [0.15, 0.2) is 18.3 Å². The van der Waals surface area contributed by atoms with Gasteiger partial charge in [-0.1, -0.05) is 6.07 Å². The van der Waals surface area contributed by atoms with E-state index in [-0.39, 0.29) is 0 Å². The van der Waals surface area contributed by atoms with Crippen LogP contribution in [0.3, 0.4) is 0 Å². The lowest BCUT2D eigenvalue weighted by molar-refractivity contribution is 0.199. The molecule has 2 rings (SSSR count). The van der Waals surface area contributed by atoms with E-state index in [0.717, 1.165) is 11.4 Å². The molecule has 0 bridgehead atoms. The maximum atomic E-state index is 9.32. The van der Waals surface area contributed by atoms with Gasteiger partial charge in [-0.2, -0.15) is 0 Å². The number of anilines is 1. The first-order valence-corrected chi connectivity index (χ1v) is 5.05. The number of nitrogens with zero attached hydrogens (tertiary/aromatic N) is 2. The van der Waals surface area contributed by atoms with Gasteiger partial charge in [0.1, 0.15) is 5.82 Å². The van der Waals surface area contributed by atoms with Crippen molar-refractivity contribution in [1.29, 1.82) is 0 Å². The Morgan fingerprint density at radius 1 is 1.50 bits per heavy atom. The van der Waals surface area contributed by atoms with Gasteiger partial charge in [-0.05, 0) is 31.4 Å². The second kappa shape index (κ2) is 3.58. The monoisotopic (exact) mass is 192 g/mol. The van der Waals surface area contributed by atoms with Gasteiger partial charge in [-0.3, -0.25) is 0 Å². The third-order valence-electron chi connectivity index (χ3n) is 2.71. The quantitative estimate of drug-likeness (QED) is 0.792. The van der Waals surface area contributed by atoms with E-state index in [1.165, 1.54) is 12.8 Å². The van der Waals surface area contributed by atoms with Crippen LogP contribution in [0, 0.1) is 0 Å². The first-order chi connectivity index (χ1) is 6.68. The number of aliphatic hydroxyl groups excluding tert-OH is 1. The molecule has 3 heteroatoms. The Hall–Kier alpha value is -1.09. The van der Waals surface area contributed by atoms with Crippen molar-refractivity contribution in [2.75, 3.05) is 11.9 Å². The molecule has 1 aliphatic rings. The predicted molar refractivity (Wildman–Crippen MR) is 56.3 cm³/mol. The number of hydrogen-bond acceptors (Lipinski definition) is 3. The van der Waals surface area contributed by atoms with Gasteiger partial charge in [-0.25, -0.2) is 4.98 Å². The zero-order chi connectivity index (χ0) is 10.1. The molecule has 0 radical (unpaired) electrons. The molecule has 14 heavy (non-hydrogen) atoms. The van der Waals surface area contributed by atoms with Crippen LogP contribution in [0.25, 0.3) is 0 Å². The van der Waals surface area contributed by atoms with E-state index in [1.54, 1.807) is 13.1 Å². The van der Waals surface area contributed by atoms with Gasteiger partial charge in [0.05, 0.1) is 6.10 Å². The Morgan fingerprint density at radius 2 is 2.21 bits per heavy atom. The lowest BCUT2D eigenvalue weighted by Gasteiger charge is -2.17. The molecular formula is C11H16N2O. The lowest BCUT2D eigenvalue weighted by Crippen LogP contribution is -2.20. The van der Waals surface area contributed by atoms with E-state index in [4.69, 9.17) is 0 Å². The molecular weight excluding hydrogens is 176 g/mol. The molecule has 1 saturated carbocycles. The fourth-order valence-electron chi connectivity index (χ4n) is 1.50. The average Bonchev–Trinajstić information content (AvgIpc) is 3.00. The molecule has 1 aromatic heterocycles. The molecule has 0 aromatic carbocycles. The number of hydrogen-bond donors (Lipinski definition) is 1. The Morgan fingerprint density at radius 3 is 2.64 bits per heavy atom. The van der Waals surface area contributed by atoms with Crippen LogP contribution < -0.4 is 4.90 Å². The van der Waals surface area contributed by atoms with E-state index < -0.39 is 6.10 Å². The maximum Gasteiger partial charge on any atom is 0.128 e. The highest BCUT2D eigenvalue weighted by Gasteiger charge is 2.26. The summed E-state index contributed by atoms with van der Waals surface area (Å²) in [6.45, 7) is 1.75. The van der Waals surface area contributed by atoms with Crippen LogP contribution in [0.5, 0.6) is 0 Å². The molecule has 0 saturated heterocycles. The average molecular weight is 192 g/mol. The molecule has 0 aliphatic heterocycles. The van der Waals surface area contributed by atoms with E-state index >= 15 is 0 Å². The van der Waals surface area contributed by atoms with Gasteiger partial charge in [0.25, 0.3) is 0 Å². The van der Waals surface area contributed by atoms with Crippen molar-refractivity contribution in [3.63, 3.8) is 0 Å². The summed E-state index contributed by atoms with van der Waals surface area (Å²) in [4.78, 5) is 6.53. The first kappa shape index (κ1) is 9.46.